The summed E-state index contributed by atoms with van der Waals surface area (Å²) in [7, 11) is 0. The van der Waals surface area contributed by atoms with E-state index >= 15 is 0 Å². The molecule has 0 aliphatic carbocycles. The van der Waals surface area contributed by atoms with E-state index in [-0.39, 0.29) is 23.7 Å². The highest BCUT2D eigenvalue weighted by molar-refractivity contribution is 5.92. The molecular formula is C50H44N2O4. The van der Waals surface area contributed by atoms with E-state index < -0.39 is 0 Å². The highest BCUT2D eigenvalue weighted by atomic mass is 16.5. The van der Waals surface area contributed by atoms with Crippen LogP contribution in [0.4, 0.5) is 0 Å². The molecule has 0 fully saturated rings. The maximum Gasteiger partial charge on any atom is 0.246 e. The zero-order valence-corrected chi connectivity index (χ0v) is 31.3. The molecule has 278 valence electrons. The number of carbonyl (C=O) groups is 2. The van der Waals surface area contributed by atoms with Crippen LogP contribution in [0.15, 0.2) is 170 Å². The number of nitrogens with zero attached hydrogens (tertiary/aromatic N) is 2. The first kappa shape index (κ1) is 36.3. The van der Waals surface area contributed by atoms with Crippen molar-refractivity contribution in [2.24, 2.45) is 0 Å². The zero-order valence-electron chi connectivity index (χ0n) is 31.3. The van der Waals surface area contributed by atoms with Crippen LogP contribution in [-0.2, 0) is 35.9 Å². The molecule has 0 aromatic heterocycles. The van der Waals surface area contributed by atoms with Crippen LogP contribution >= 0.6 is 0 Å². The fourth-order valence-electron chi connectivity index (χ4n) is 7.85. The molecule has 6 aromatic rings. The number of rotatable bonds is 11. The predicted molar refractivity (Wildman–Crippen MR) is 221 cm³/mol. The number of fused-ring (bicyclic) bond motifs is 2. The smallest absolute Gasteiger partial charge is 0.246 e. The number of hydrogen-bond donors (Lipinski definition) is 0. The van der Waals surface area contributed by atoms with Crippen LogP contribution in [-0.4, -0.2) is 34.7 Å². The Morgan fingerprint density at radius 1 is 0.571 bits per heavy atom. The summed E-state index contributed by atoms with van der Waals surface area (Å²) < 4.78 is 12.5. The van der Waals surface area contributed by atoms with Gasteiger partial charge in [0.05, 0.1) is 0 Å². The maximum absolute atomic E-state index is 13.8. The number of carbonyl (C=O) groups excluding carboxylic acids is 2. The molecule has 0 bridgehead atoms. The lowest BCUT2D eigenvalue weighted by Gasteiger charge is -2.35. The average molecular weight is 737 g/mol. The second kappa shape index (κ2) is 16.8. The minimum atomic E-state index is -0.0781. The van der Waals surface area contributed by atoms with Crippen molar-refractivity contribution in [1.29, 1.82) is 0 Å². The van der Waals surface area contributed by atoms with E-state index in [2.05, 4.69) is 73.3 Å². The fraction of sp³-hybridized carbons (Fsp3) is 0.160. The van der Waals surface area contributed by atoms with E-state index in [0.29, 0.717) is 39.4 Å². The third-order valence-corrected chi connectivity index (χ3v) is 10.7. The molecule has 0 radical (unpaired) electrons. The van der Waals surface area contributed by atoms with Crippen molar-refractivity contribution in [2.75, 3.05) is 13.1 Å². The Balaban J connectivity index is 0.951. The lowest BCUT2D eigenvalue weighted by atomic mass is 9.84. The molecule has 2 heterocycles. The molecule has 8 rings (SSSR count). The minimum Gasteiger partial charge on any atom is -0.489 e. The van der Waals surface area contributed by atoms with Gasteiger partial charge in [0.2, 0.25) is 11.8 Å². The number of hydrogen-bond acceptors (Lipinski definition) is 4. The summed E-state index contributed by atoms with van der Waals surface area (Å²) in [5.41, 5.74) is 9.96. The fourth-order valence-corrected chi connectivity index (χ4v) is 7.85. The topological polar surface area (TPSA) is 59.1 Å². The van der Waals surface area contributed by atoms with Gasteiger partial charge in [-0.05, 0) is 92.6 Å². The average Bonchev–Trinajstić information content (AvgIpc) is 3.26. The molecule has 6 nitrogen and oxygen atoms in total. The largest absolute Gasteiger partial charge is 0.489 e. The van der Waals surface area contributed by atoms with Gasteiger partial charge in [-0.3, -0.25) is 9.59 Å². The summed E-state index contributed by atoms with van der Waals surface area (Å²) in [6.45, 7) is 6.77. The summed E-state index contributed by atoms with van der Waals surface area (Å²) in [6, 6.07) is 51.4. The van der Waals surface area contributed by atoms with E-state index in [1.165, 1.54) is 28.3 Å². The number of benzene rings is 6. The molecule has 0 spiro atoms. The molecule has 2 aliphatic rings. The second-order valence-electron chi connectivity index (χ2n) is 14.4. The van der Waals surface area contributed by atoms with Crippen molar-refractivity contribution in [2.45, 2.75) is 38.1 Å². The molecule has 0 N–H and O–H groups in total. The van der Waals surface area contributed by atoms with Crippen LogP contribution in [0.2, 0.25) is 0 Å². The quantitative estimate of drug-likeness (QED) is 0.124. The van der Waals surface area contributed by atoms with Gasteiger partial charge in [0.15, 0.2) is 0 Å². The molecule has 0 unspecified atom stereocenters. The SMILES string of the molecule is C=CC(=O)N1Cc2cc(OCc3cccc(/C=C/C(=O)N4Cc5cc(OCc6ccccc6)ccc5[C@@H](c5ccccc5)C4)c3)ccc2[C@H](c2ccccc2)C1. The highest BCUT2D eigenvalue weighted by Gasteiger charge is 2.30. The summed E-state index contributed by atoms with van der Waals surface area (Å²) >= 11 is 0. The van der Waals surface area contributed by atoms with Gasteiger partial charge >= 0.3 is 0 Å². The third kappa shape index (κ3) is 8.35. The molecule has 2 amide bonds. The van der Waals surface area contributed by atoms with E-state index in [1.807, 2.05) is 101 Å². The maximum atomic E-state index is 13.8. The van der Waals surface area contributed by atoms with Crippen molar-refractivity contribution < 1.29 is 19.1 Å². The Morgan fingerprint density at radius 2 is 1.07 bits per heavy atom. The van der Waals surface area contributed by atoms with Crippen molar-refractivity contribution >= 4 is 17.9 Å². The first-order valence-corrected chi connectivity index (χ1v) is 19.1. The van der Waals surface area contributed by atoms with Crippen LogP contribution in [0.1, 0.15) is 61.9 Å². The summed E-state index contributed by atoms with van der Waals surface area (Å²) in [5, 5.41) is 0. The monoisotopic (exact) mass is 736 g/mol. The normalized spacial score (nSPS) is 16.1. The van der Waals surface area contributed by atoms with E-state index in [1.54, 1.807) is 6.08 Å². The van der Waals surface area contributed by atoms with Gasteiger partial charge in [-0.25, -0.2) is 0 Å². The molecule has 0 saturated heterocycles. The summed E-state index contributed by atoms with van der Waals surface area (Å²) in [6.07, 6.45) is 4.94. The van der Waals surface area contributed by atoms with Crippen molar-refractivity contribution in [3.63, 3.8) is 0 Å². The Kier molecular flexibility index (Phi) is 10.9. The first-order chi connectivity index (χ1) is 27.5. The van der Waals surface area contributed by atoms with Gasteiger partial charge in [0.1, 0.15) is 24.7 Å². The molecule has 6 aromatic carbocycles. The summed E-state index contributed by atoms with van der Waals surface area (Å²) in [4.78, 5) is 30.3. The van der Waals surface area contributed by atoms with Crippen molar-refractivity contribution in [1.82, 2.24) is 9.80 Å². The van der Waals surface area contributed by atoms with E-state index in [9.17, 15) is 9.59 Å². The molecule has 56 heavy (non-hydrogen) atoms. The van der Waals surface area contributed by atoms with Crippen LogP contribution in [0.3, 0.4) is 0 Å². The zero-order chi connectivity index (χ0) is 38.3. The van der Waals surface area contributed by atoms with Gasteiger partial charge in [-0.15, -0.1) is 0 Å². The van der Waals surface area contributed by atoms with Crippen molar-refractivity contribution in [3.8, 4) is 11.5 Å². The Morgan fingerprint density at radius 3 is 1.62 bits per heavy atom. The van der Waals surface area contributed by atoms with Crippen LogP contribution in [0.25, 0.3) is 6.08 Å². The lowest BCUT2D eigenvalue weighted by Crippen LogP contribution is -2.37. The molecule has 2 aliphatic heterocycles. The Labute approximate surface area is 329 Å². The molecule has 0 saturated carbocycles. The van der Waals surface area contributed by atoms with Crippen LogP contribution < -0.4 is 9.47 Å². The van der Waals surface area contributed by atoms with Crippen LogP contribution in [0.5, 0.6) is 11.5 Å². The van der Waals surface area contributed by atoms with E-state index in [0.717, 1.165) is 39.3 Å². The minimum absolute atomic E-state index is 0.0410. The number of amides is 2. The van der Waals surface area contributed by atoms with Gasteiger partial charge < -0.3 is 19.3 Å². The highest BCUT2D eigenvalue weighted by Crippen LogP contribution is 2.37. The number of ether oxygens (including phenoxy) is 2. The summed E-state index contributed by atoms with van der Waals surface area (Å²) in [5.74, 6) is 1.54. The van der Waals surface area contributed by atoms with Crippen LogP contribution in [0, 0.1) is 0 Å². The Hall–Kier alpha value is -6.66. The second-order valence-corrected chi connectivity index (χ2v) is 14.4. The van der Waals surface area contributed by atoms with E-state index in [4.69, 9.17) is 9.47 Å². The predicted octanol–water partition coefficient (Wildman–Crippen LogP) is 9.69. The van der Waals surface area contributed by atoms with Gasteiger partial charge in [0, 0.05) is 44.1 Å². The third-order valence-electron chi connectivity index (χ3n) is 10.7. The van der Waals surface area contributed by atoms with Gasteiger partial charge in [0.25, 0.3) is 0 Å². The molecule has 6 heteroatoms. The Bertz CT molecular complexity index is 2360. The lowest BCUT2D eigenvalue weighted by molar-refractivity contribution is -0.127. The first-order valence-electron chi connectivity index (χ1n) is 19.1. The van der Waals surface area contributed by atoms with Gasteiger partial charge in [-0.1, -0.05) is 128 Å². The standard InChI is InChI=1S/C50H44N2O4/c1-2-49(53)51-30-41-28-44(23-25-45(41)47(32-51)39-17-8-4-9-18-39)56-35-38-16-12-15-36(27-38)21-26-50(54)52-31-42-29-43(55-34-37-13-6-3-7-14-37)22-24-46(42)48(33-52)40-19-10-5-11-20-40/h2-29,47-48H,1,30-35H2/b26-21+/t47-,48+/m0/s1. The molecule has 2 atom stereocenters. The molecular weight excluding hydrogens is 693 g/mol. The van der Waals surface area contributed by atoms with Gasteiger partial charge in [-0.2, -0.15) is 0 Å². The van der Waals surface area contributed by atoms with Crippen molar-refractivity contribution in [3.05, 3.63) is 220 Å².